The van der Waals surface area contributed by atoms with Crippen LogP contribution in [-0.2, 0) is 5.41 Å². The van der Waals surface area contributed by atoms with E-state index in [0.717, 1.165) is 16.7 Å². The van der Waals surface area contributed by atoms with Crippen molar-refractivity contribution in [3.8, 4) is 11.5 Å². The monoisotopic (exact) mass is 308 g/mol. The van der Waals surface area contributed by atoms with E-state index in [1.165, 1.54) is 12.1 Å². The van der Waals surface area contributed by atoms with Crippen LogP contribution in [-0.4, -0.2) is 10.2 Å². The Kier molecular flexibility index (Phi) is 3.78. The first kappa shape index (κ1) is 15.1. The SMILES string of the molecule is CC(c1ccc(O)cc1)(c1ccc(O)cc1)c1ccc(F)cc1. The highest BCUT2D eigenvalue weighted by atomic mass is 19.1. The van der Waals surface area contributed by atoms with E-state index in [9.17, 15) is 14.6 Å². The second kappa shape index (κ2) is 5.76. The van der Waals surface area contributed by atoms with Gasteiger partial charge in [-0.15, -0.1) is 0 Å². The van der Waals surface area contributed by atoms with Gasteiger partial charge >= 0.3 is 0 Å². The van der Waals surface area contributed by atoms with Gasteiger partial charge in [0, 0.05) is 5.41 Å². The van der Waals surface area contributed by atoms with Gasteiger partial charge in [0.1, 0.15) is 17.3 Å². The number of hydrogen-bond donors (Lipinski definition) is 2. The van der Waals surface area contributed by atoms with E-state index in [1.54, 1.807) is 36.4 Å². The Morgan fingerprint density at radius 1 is 0.609 bits per heavy atom. The number of phenolic OH excluding ortho intramolecular Hbond substituents is 2. The lowest BCUT2D eigenvalue weighted by Gasteiger charge is -2.32. The van der Waals surface area contributed by atoms with Crippen molar-refractivity contribution in [1.82, 2.24) is 0 Å². The van der Waals surface area contributed by atoms with Crippen LogP contribution in [0, 0.1) is 5.82 Å². The molecule has 0 spiro atoms. The van der Waals surface area contributed by atoms with Gasteiger partial charge in [0.05, 0.1) is 0 Å². The average Bonchev–Trinajstić information content (AvgIpc) is 2.56. The summed E-state index contributed by atoms with van der Waals surface area (Å²) >= 11 is 0. The Morgan fingerprint density at radius 2 is 0.913 bits per heavy atom. The fraction of sp³-hybridized carbons (Fsp3) is 0.100. The molecule has 0 atom stereocenters. The second-order valence-electron chi connectivity index (χ2n) is 5.73. The Hall–Kier alpha value is -2.81. The van der Waals surface area contributed by atoms with E-state index < -0.39 is 5.41 Å². The van der Waals surface area contributed by atoms with Gasteiger partial charge in [-0.05, 0) is 60.0 Å². The van der Waals surface area contributed by atoms with E-state index in [-0.39, 0.29) is 17.3 Å². The Labute approximate surface area is 134 Å². The van der Waals surface area contributed by atoms with Crippen LogP contribution in [0.3, 0.4) is 0 Å². The van der Waals surface area contributed by atoms with Crippen LogP contribution in [0.5, 0.6) is 11.5 Å². The summed E-state index contributed by atoms with van der Waals surface area (Å²) in [5.41, 5.74) is 2.32. The fourth-order valence-electron chi connectivity index (χ4n) is 2.87. The molecule has 0 aliphatic carbocycles. The van der Waals surface area contributed by atoms with Crippen molar-refractivity contribution in [2.24, 2.45) is 0 Å². The molecule has 0 bridgehead atoms. The molecule has 0 heterocycles. The molecule has 3 heteroatoms. The zero-order chi connectivity index (χ0) is 16.4. The molecule has 2 N–H and O–H groups in total. The molecule has 3 aromatic rings. The molecule has 0 aliphatic heterocycles. The van der Waals surface area contributed by atoms with Gasteiger partial charge in [-0.2, -0.15) is 0 Å². The molecule has 0 fully saturated rings. The highest BCUT2D eigenvalue weighted by Crippen LogP contribution is 2.39. The standard InChI is InChI=1S/C20H17FO2/c1-20(14-2-8-17(21)9-3-14,15-4-10-18(22)11-5-15)16-6-12-19(23)13-7-16/h2-13,22-23H,1H3. The van der Waals surface area contributed by atoms with Crippen LogP contribution < -0.4 is 0 Å². The van der Waals surface area contributed by atoms with Crippen molar-refractivity contribution in [3.05, 3.63) is 95.3 Å². The topological polar surface area (TPSA) is 40.5 Å². The minimum absolute atomic E-state index is 0.195. The zero-order valence-corrected chi connectivity index (χ0v) is 12.7. The number of halogens is 1. The van der Waals surface area contributed by atoms with Crippen molar-refractivity contribution in [1.29, 1.82) is 0 Å². The van der Waals surface area contributed by atoms with Gasteiger partial charge < -0.3 is 10.2 Å². The third kappa shape index (κ3) is 2.78. The zero-order valence-electron chi connectivity index (χ0n) is 12.7. The first-order valence-corrected chi connectivity index (χ1v) is 7.35. The van der Waals surface area contributed by atoms with Crippen LogP contribution in [0.2, 0.25) is 0 Å². The highest BCUT2D eigenvalue weighted by molar-refractivity contribution is 5.51. The third-order valence-corrected chi connectivity index (χ3v) is 4.31. The number of aromatic hydroxyl groups is 2. The fourth-order valence-corrected chi connectivity index (χ4v) is 2.87. The number of hydrogen-bond acceptors (Lipinski definition) is 2. The molecule has 116 valence electrons. The molecule has 3 rings (SSSR count). The number of phenols is 2. The van der Waals surface area contributed by atoms with E-state index in [1.807, 2.05) is 31.2 Å². The smallest absolute Gasteiger partial charge is 0.123 e. The molecule has 0 unspecified atom stereocenters. The van der Waals surface area contributed by atoms with Crippen LogP contribution in [0.25, 0.3) is 0 Å². The maximum atomic E-state index is 13.3. The minimum atomic E-state index is -0.533. The molecule has 0 amide bonds. The van der Waals surface area contributed by atoms with Gasteiger partial charge in [0.25, 0.3) is 0 Å². The molecular formula is C20H17FO2. The normalized spacial score (nSPS) is 11.4. The molecule has 3 aromatic carbocycles. The molecule has 0 saturated heterocycles. The summed E-state index contributed by atoms with van der Waals surface area (Å²) in [4.78, 5) is 0. The van der Waals surface area contributed by atoms with Crippen molar-refractivity contribution in [2.75, 3.05) is 0 Å². The van der Waals surface area contributed by atoms with Crippen LogP contribution in [0.1, 0.15) is 23.6 Å². The van der Waals surface area contributed by atoms with Gasteiger partial charge in [-0.3, -0.25) is 0 Å². The Morgan fingerprint density at radius 3 is 1.26 bits per heavy atom. The minimum Gasteiger partial charge on any atom is -0.508 e. The van der Waals surface area contributed by atoms with Crippen molar-refractivity contribution < 1.29 is 14.6 Å². The summed E-state index contributed by atoms with van der Waals surface area (Å²) in [7, 11) is 0. The van der Waals surface area contributed by atoms with Crippen LogP contribution >= 0.6 is 0 Å². The number of benzene rings is 3. The number of rotatable bonds is 3. The van der Waals surface area contributed by atoms with Gasteiger partial charge in [-0.1, -0.05) is 36.4 Å². The highest BCUT2D eigenvalue weighted by Gasteiger charge is 2.31. The quantitative estimate of drug-likeness (QED) is 0.695. The van der Waals surface area contributed by atoms with Gasteiger partial charge in [-0.25, -0.2) is 4.39 Å². The largest absolute Gasteiger partial charge is 0.508 e. The average molecular weight is 308 g/mol. The van der Waals surface area contributed by atoms with Gasteiger partial charge in [0.2, 0.25) is 0 Å². The summed E-state index contributed by atoms with van der Waals surface area (Å²) in [6.07, 6.45) is 0. The molecule has 0 aromatic heterocycles. The third-order valence-electron chi connectivity index (χ3n) is 4.31. The van der Waals surface area contributed by atoms with E-state index in [0.29, 0.717) is 0 Å². The first-order valence-electron chi connectivity index (χ1n) is 7.35. The van der Waals surface area contributed by atoms with E-state index in [4.69, 9.17) is 0 Å². The lowest BCUT2D eigenvalue weighted by molar-refractivity contribution is 0.474. The molecule has 0 saturated carbocycles. The molecule has 23 heavy (non-hydrogen) atoms. The lowest BCUT2D eigenvalue weighted by atomic mass is 9.71. The predicted molar refractivity (Wildman–Crippen MR) is 88.2 cm³/mol. The van der Waals surface area contributed by atoms with E-state index >= 15 is 0 Å². The first-order chi connectivity index (χ1) is 11.0. The van der Waals surface area contributed by atoms with Crippen molar-refractivity contribution in [2.45, 2.75) is 12.3 Å². The Balaban J connectivity index is 2.21. The maximum absolute atomic E-state index is 13.3. The molecule has 2 nitrogen and oxygen atoms in total. The summed E-state index contributed by atoms with van der Waals surface area (Å²) < 4.78 is 13.3. The van der Waals surface area contributed by atoms with Crippen LogP contribution in [0.15, 0.2) is 72.8 Å². The summed E-state index contributed by atoms with van der Waals surface area (Å²) in [6.45, 7) is 2.04. The predicted octanol–water partition coefficient (Wildman–Crippen LogP) is 4.59. The summed E-state index contributed by atoms with van der Waals surface area (Å²) in [6, 6.07) is 20.4. The Bertz CT molecular complexity index is 680. The summed E-state index contributed by atoms with van der Waals surface area (Å²) in [5.74, 6) is 0.106. The van der Waals surface area contributed by atoms with E-state index in [2.05, 4.69) is 0 Å². The molecule has 0 radical (unpaired) electrons. The summed E-state index contributed by atoms with van der Waals surface area (Å²) in [5, 5.41) is 19.1. The van der Waals surface area contributed by atoms with Crippen molar-refractivity contribution >= 4 is 0 Å². The van der Waals surface area contributed by atoms with Crippen LogP contribution in [0.4, 0.5) is 4.39 Å². The lowest BCUT2D eigenvalue weighted by Crippen LogP contribution is -2.25. The van der Waals surface area contributed by atoms with Gasteiger partial charge in [0.15, 0.2) is 0 Å². The molecule has 0 aliphatic rings. The molecular weight excluding hydrogens is 291 g/mol. The maximum Gasteiger partial charge on any atom is 0.123 e. The van der Waals surface area contributed by atoms with Crippen molar-refractivity contribution in [3.63, 3.8) is 0 Å². The second-order valence-corrected chi connectivity index (χ2v) is 5.73.